The molecule has 0 aromatic heterocycles. The van der Waals surface area contributed by atoms with E-state index in [1.54, 1.807) is 0 Å². The molecule has 2 N–H and O–H groups in total. The summed E-state index contributed by atoms with van der Waals surface area (Å²) in [5.41, 5.74) is 8.10. The third-order valence-corrected chi connectivity index (χ3v) is 2.85. The molecule has 0 aliphatic carbocycles. The Balaban J connectivity index is 3.06. The van der Waals surface area contributed by atoms with Gasteiger partial charge in [-0.25, -0.2) is 0 Å². The minimum absolute atomic E-state index is 0.142. The summed E-state index contributed by atoms with van der Waals surface area (Å²) in [7, 11) is 0. The molecular formula is C12H18ClN. The second-order valence-corrected chi connectivity index (χ2v) is 4.80. The van der Waals surface area contributed by atoms with Gasteiger partial charge in [-0.05, 0) is 29.5 Å². The first kappa shape index (κ1) is 11.4. The van der Waals surface area contributed by atoms with Crippen LogP contribution in [0.4, 0.5) is 5.69 Å². The van der Waals surface area contributed by atoms with Crippen molar-refractivity contribution in [2.24, 2.45) is 0 Å². The summed E-state index contributed by atoms with van der Waals surface area (Å²) in [4.78, 5) is 0. The second kappa shape index (κ2) is 4.22. The van der Waals surface area contributed by atoms with Crippen molar-refractivity contribution in [3.05, 3.63) is 28.8 Å². The molecule has 0 amide bonds. The molecule has 14 heavy (non-hydrogen) atoms. The van der Waals surface area contributed by atoms with Crippen LogP contribution in [-0.2, 0) is 5.41 Å². The van der Waals surface area contributed by atoms with Gasteiger partial charge in [-0.1, -0.05) is 44.9 Å². The topological polar surface area (TPSA) is 26.0 Å². The van der Waals surface area contributed by atoms with Crippen molar-refractivity contribution < 1.29 is 0 Å². The fourth-order valence-electron chi connectivity index (χ4n) is 1.91. The Bertz CT molecular complexity index is 318. The van der Waals surface area contributed by atoms with Gasteiger partial charge in [0.15, 0.2) is 0 Å². The summed E-state index contributed by atoms with van der Waals surface area (Å²) in [6.45, 7) is 6.63. The first-order chi connectivity index (χ1) is 6.47. The van der Waals surface area contributed by atoms with Crippen molar-refractivity contribution in [2.75, 3.05) is 5.73 Å². The lowest BCUT2D eigenvalue weighted by molar-refractivity contribution is 0.475. The van der Waals surface area contributed by atoms with Crippen LogP contribution in [0.3, 0.4) is 0 Å². The Kier molecular flexibility index (Phi) is 3.43. The van der Waals surface area contributed by atoms with Gasteiger partial charge in [-0.2, -0.15) is 0 Å². The van der Waals surface area contributed by atoms with Crippen LogP contribution in [0.2, 0.25) is 5.02 Å². The van der Waals surface area contributed by atoms with Crippen LogP contribution in [0.5, 0.6) is 0 Å². The molecule has 1 aromatic rings. The predicted molar refractivity (Wildman–Crippen MR) is 63.8 cm³/mol. The molecule has 0 spiro atoms. The molecule has 78 valence electrons. The maximum atomic E-state index is 5.95. The summed E-state index contributed by atoms with van der Waals surface area (Å²) in [5, 5.41) is 0.707. The molecule has 1 aromatic carbocycles. The number of benzene rings is 1. The van der Waals surface area contributed by atoms with Crippen LogP contribution in [0.1, 0.15) is 39.2 Å². The van der Waals surface area contributed by atoms with E-state index in [2.05, 4.69) is 20.8 Å². The van der Waals surface area contributed by atoms with Crippen LogP contribution in [-0.4, -0.2) is 0 Å². The average Bonchev–Trinajstić information content (AvgIpc) is 2.02. The Hall–Kier alpha value is -0.690. The van der Waals surface area contributed by atoms with Gasteiger partial charge in [0.25, 0.3) is 0 Å². The van der Waals surface area contributed by atoms with Crippen LogP contribution in [0.25, 0.3) is 0 Å². The molecule has 0 aliphatic rings. The lowest BCUT2D eigenvalue weighted by Crippen LogP contribution is -2.18. The minimum Gasteiger partial charge on any atom is -0.398 e. The standard InChI is InChI=1S/C12H18ClN/c1-4-7-12(2,3)10-6-5-9(13)8-11(10)14/h5-6,8H,4,7,14H2,1-3H3. The van der Waals surface area contributed by atoms with E-state index in [0.29, 0.717) is 5.02 Å². The zero-order chi connectivity index (χ0) is 10.8. The minimum atomic E-state index is 0.142. The molecule has 1 nitrogen and oxygen atoms in total. The van der Waals surface area contributed by atoms with E-state index < -0.39 is 0 Å². The highest BCUT2D eigenvalue weighted by Crippen LogP contribution is 2.33. The number of hydrogen-bond donors (Lipinski definition) is 1. The Morgan fingerprint density at radius 2 is 2.00 bits per heavy atom. The first-order valence-corrected chi connectivity index (χ1v) is 5.40. The maximum absolute atomic E-state index is 5.95. The van der Waals surface area contributed by atoms with Crippen molar-refractivity contribution >= 4 is 17.3 Å². The summed E-state index contributed by atoms with van der Waals surface area (Å²) in [6.07, 6.45) is 2.30. The Morgan fingerprint density at radius 1 is 1.36 bits per heavy atom. The van der Waals surface area contributed by atoms with E-state index in [0.717, 1.165) is 18.5 Å². The normalized spacial score (nSPS) is 11.7. The molecule has 1 rings (SSSR count). The van der Waals surface area contributed by atoms with Gasteiger partial charge in [0.2, 0.25) is 0 Å². The molecule has 0 saturated heterocycles. The third kappa shape index (κ3) is 2.42. The number of rotatable bonds is 3. The highest BCUT2D eigenvalue weighted by Gasteiger charge is 2.21. The quantitative estimate of drug-likeness (QED) is 0.752. The van der Waals surface area contributed by atoms with Crippen molar-refractivity contribution in [3.8, 4) is 0 Å². The van der Waals surface area contributed by atoms with E-state index in [-0.39, 0.29) is 5.41 Å². The summed E-state index contributed by atoms with van der Waals surface area (Å²) >= 11 is 5.86. The van der Waals surface area contributed by atoms with Crippen molar-refractivity contribution in [1.29, 1.82) is 0 Å². The zero-order valence-corrected chi connectivity index (χ0v) is 9.86. The number of hydrogen-bond acceptors (Lipinski definition) is 1. The third-order valence-electron chi connectivity index (χ3n) is 2.62. The molecule has 0 bridgehead atoms. The summed E-state index contributed by atoms with van der Waals surface area (Å²) in [5.74, 6) is 0. The number of halogens is 1. The number of nitrogen functional groups attached to an aromatic ring is 1. The van der Waals surface area contributed by atoms with E-state index in [1.165, 1.54) is 5.56 Å². The smallest absolute Gasteiger partial charge is 0.0426 e. The molecule has 0 radical (unpaired) electrons. The fourth-order valence-corrected chi connectivity index (χ4v) is 2.09. The van der Waals surface area contributed by atoms with E-state index in [1.807, 2.05) is 18.2 Å². The SMILES string of the molecule is CCCC(C)(C)c1ccc(Cl)cc1N. The van der Waals surface area contributed by atoms with Crippen LogP contribution < -0.4 is 5.73 Å². The maximum Gasteiger partial charge on any atom is 0.0426 e. The van der Waals surface area contributed by atoms with Gasteiger partial charge in [-0.3, -0.25) is 0 Å². The van der Waals surface area contributed by atoms with Gasteiger partial charge in [0, 0.05) is 10.7 Å². The summed E-state index contributed by atoms with van der Waals surface area (Å²) < 4.78 is 0. The molecule has 0 unspecified atom stereocenters. The molecular weight excluding hydrogens is 194 g/mol. The number of anilines is 1. The summed E-state index contributed by atoms with van der Waals surface area (Å²) in [6, 6.07) is 5.77. The first-order valence-electron chi connectivity index (χ1n) is 5.03. The molecule has 0 fully saturated rings. The Labute approximate surface area is 91.3 Å². The van der Waals surface area contributed by atoms with Crippen LogP contribution >= 0.6 is 11.6 Å². The van der Waals surface area contributed by atoms with Gasteiger partial charge in [0.1, 0.15) is 0 Å². The van der Waals surface area contributed by atoms with Gasteiger partial charge in [0.05, 0.1) is 0 Å². The highest BCUT2D eigenvalue weighted by molar-refractivity contribution is 6.30. The highest BCUT2D eigenvalue weighted by atomic mass is 35.5. The van der Waals surface area contributed by atoms with E-state index >= 15 is 0 Å². The predicted octanol–water partition coefficient (Wildman–Crippen LogP) is 4.00. The van der Waals surface area contributed by atoms with Crippen molar-refractivity contribution in [2.45, 2.75) is 39.0 Å². The van der Waals surface area contributed by atoms with E-state index in [4.69, 9.17) is 17.3 Å². The zero-order valence-electron chi connectivity index (χ0n) is 9.10. The van der Waals surface area contributed by atoms with Gasteiger partial charge >= 0.3 is 0 Å². The second-order valence-electron chi connectivity index (χ2n) is 4.37. The molecule has 0 saturated carbocycles. The van der Waals surface area contributed by atoms with E-state index in [9.17, 15) is 0 Å². The molecule has 0 heterocycles. The Morgan fingerprint density at radius 3 is 2.50 bits per heavy atom. The lowest BCUT2D eigenvalue weighted by Gasteiger charge is -2.26. The average molecular weight is 212 g/mol. The fraction of sp³-hybridized carbons (Fsp3) is 0.500. The largest absolute Gasteiger partial charge is 0.398 e. The lowest BCUT2D eigenvalue weighted by atomic mass is 9.80. The van der Waals surface area contributed by atoms with Crippen molar-refractivity contribution in [3.63, 3.8) is 0 Å². The van der Waals surface area contributed by atoms with Gasteiger partial charge in [-0.15, -0.1) is 0 Å². The van der Waals surface area contributed by atoms with Crippen LogP contribution in [0, 0.1) is 0 Å². The molecule has 0 aliphatic heterocycles. The van der Waals surface area contributed by atoms with Gasteiger partial charge < -0.3 is 5.73 Å². The van der Waals surface area contributed by atoms with Crippen molar-refractivity contribution in [1.82, 2.24) is 0 Å². The van der Waals surface area contributed by atoms with Crippen LogP contribution in [0.15, 0.2) is 18.2 Å². The number of nitrogens with two attached hydrogens (primary N) is 1. The monoisotopic (exact) mass is 211 g/mol. The molecule has 0 atom stereocenters. The molecule has 2 heteroatoms.